The van der Waals surface area contributed by atoms with Crippen LogP contribution in [0.2, 0.25) is 0 Å². The fraction of sp³-hybridized carbons (Fsp3) is 0.133. The lowest BCUT2D eigenvalue weighted by atomic mass is 10.1. The Morgan fingerprint density at radius 2 is 2.00 bits per heavy atom. The highest BCUT2D eigenvalue weighted by atomic mass is 19.1. The Morgan fingerprint density at radius 1 is 1.23 bits per heavy atom. The molecular formula is C15H13FN4O2. The molecule has 2 aromatic heterocycles. The van der Waals surface area contributed by atoms with Crippen LogP contribution in [-0.2, 0) is 0 Å². The zero-order valence-corrected chi connectivity index (χ0v) is 12.0. The normalized spacial score (nSPS) is 10.9. The molecule has 0 aliphatic carbocycles. The van der Waals surface area contributed by atoms with Crippen LogP contribution < -0.4 is 10.9 Å². The van der Waals surface area contributed by atoms with Gasteiger partial charge in [0.2, 0.25) is 11.5 Å². The molecule has 0 aliphatic rings. The lowest BCUT2D eigenvalue weighted by Gasteiger charge is -2.08. The standard InChI is InChI=1S/C15H13FN4O2/c1-7-3-9-10(5-12(21)19-13(9)11(16)4-7)14(22)20-15-17-6-8(2)18-15/h3-6H,1-2H3,(H,19,21)(H2,17,18,20,22). The number of aromatic nitrogens is 3. The van der Waals surface area contributed by atoms with E-state index < -0.39 is 17.3 Å². The Kier molecular flexibility index (Phi) is 3.25. The van der Waals surface area contributed by atoms with E-state index in [1.807, 2.05) is 0 Å². The third-order valence-corrected chi connectivity index (χ3v) is 3.23. The summed E-state index contributed by atoms with van der Waals surface area (Å²) in [5.74, 6) is -0.838. The van der Waals surface area contributed by atoms with E-state index in [0.29, 0.717) is 10.9 Å². The van der Waals surface area contributed by atoms with Crippen molar-refractivity contribution >= 4 is 22.8 Å². The molecule has 0 saturated carbocycles. The Morgan fingerprint density at radius 3 is 2.68 bits per heavy atom. The first-order valence-electron chi connectivity index (χ1n) is 6.60. The van der Waals surface area contributed by atoms with Gasteiger partial charge in [-0.3, -0.25) is 14.9 Å². The van der Waals surface area contributed by atoms with E-state index in [1.165, 1.54) is 6.07 Å². The fourth-order valence-electron chi connectivity index (χ4n) is 2.29. The molecule has 0 atom stereocenters. The van der Waals surface area contributed by atoms with Crippen molar-refractivity contribution in [3.63, 3.8) is 0 Å². The molecule has 22 heavy (non-hydrogen) atoms. The first-order chi connectivity index (χ1) is 10.4. The molecule has 6 nitrogen and oxygen atoms in total. The number of rotatable bonds is 2. The van der Waals surface area contributed by atoms with E-state index in [1.54, 1.807) is 26.1 Å². The maximum absolute atomic E-state index is 14.0. The predicted octanol–water partition coefficient (Wildman–Crippen LogP) is 2.26. The summed E-state index contributed by atoms with van der Waals surface area (Å²) in [6.07, 6.45) is 1.56. The van der Waals surface area contributed by atoms with Gasteiger partial charge in [0, 0.05) is 23.3 Å². The van der Waals surface area contributed by atoms with Gasteiger partial charge in [0.1, 0.15) is 5.82 Å². The van der Waals surface area contributed by atoms with Crippen LogP contribution in [0.4, 0.5) is 10.3 Å². The van der Waals surface area contributed by atoms with Gasteiger partial charge in [-0.15, -0.1) is 0 Å². The maximum Gasteiger partial charge on any atom is 0.258 e. The second kappa shape index (κ2) is 5.10. The number of amides is 1. The molecule has 1 aromatic carbocycles. The summed E-state index contributed by atoms with van der Waals surface area (Å²) < 4.78 is 14.0. The van der Waals surface area contributed by atoms with Crippen molar-refractivity contribution < 1.29 is 9.18 Å². The number of imidazole rings is 1. The first-order valence-corrected chi connectivity index (χ1v) is 6.60. The van der Waals surface area contributed by atoms with Crippen LogP contribution >= 0.6 is 0 Å². The molecule has 3 N–H and O–H groups in total. The summed E-state index contributed by atoms with van der Waals surface area (Å²) in [5.41, 5.74) is 0.998. The van der Waals surface area contributed by atoms with Crippen molar-refractivity contribution in [2.24, 2.45) is 0 Å². The van der Waals surface area contributed by atoms with Gasteiger partial charge < -0.3 is 9.97 Å². The van der Waals surface area contributed by atoms with Crippen LogP contribution in [0.25, 0.3) is 10.9 Å². The van der Waals surface area contributed by atoms with Crippen molar-refractivity contribution in [2.75, 3.05) is 5.32 Å². The molecule has 2 heterocycles. The van der Waals surface area contributed by atoms with E-state index in [9.17, 15) is 14.0 Å². The molecule has 0 unspecified atom stereocenters. The average Bonchev–Trinajstić information content (AvgIpc) is 2.84. The number of hydrogen-bond acceptors (Lipinski definition) is 3. The van der Waals surface area contributed by atoms with E-state index in [2.05, 4.69) is 20.3 Å². The smallest absolute Gasteiger partial charge is 0.258 e. The molecular weight excluding hydrogens is 287 g/mol. The Balaban J connectivity index is 2.13. The maximum atomic E-state index is 14.0. The topological polar surface area (TPSA) is 90.6 Å². The summed E-state index contributed by atoms with van der Waals surface area (Å²) >= 11 is 0. The average molecular weight is 300 g/mol. The molecule has 0 spiro atoms. The molecule has 0 bridgehead atoms. The number of fused-ring (bicyclic) bond motifs is 1. The molecule has 3 rings (SSSR count). The number of benzene rings is 1. The minimum atomic E-state index is -0.574. The summed E-state index contributed by atoms with van der Waals surface area (Å²) in [4.78, 5) is 33.3. The number of aromatic amines is 2. The Hall–Kier alpha value is -2.96. The fourth-order valence-corrected chi connectivity index (χ4v) is 2.29. The number of hydrogen-bond donors (Lipinski definition) is 3. The summed E-state index contributed by atoms with van der Waals surface area (Å²) in [5, 5.41) is 2.90. The number of anilines is 1. The highest BCUT2D eigenvalue weighted by Crippen LogP contribution is 2.21. The summed E-state index contributed by atoms with van der Waals surface area (Å²) in [7, 11) is 0. The van der Waals surface area contributed by atoms with Gasteiger partial charge in [0.25, 0.3) is 5.91 Å². The largest absolute Gasteiger partial charge is 0.328 e. The van der Waals surface area contributed by atoms with Crippen molar-refractivity contribution in [3.8, 4) is 0 Å². The van der Waals surface area contributed by atoms with Crippen LogP contribution in [0, 0.1) is 19.7 Å². The molecule has 3 aromatic rings. The van der Waals surface area contributed by atoms with E-state index in [-0.39, 0.29) is 17.0 Å². The quantitative estimate of drug-likeness (QED) is 0.678. The third-order valence-electron chi connectivity index (χ3n) is 3.23. The van der Waals surface area contributed by atoms with Crippen molar-refractivity contribution in [2.45, 2.75) is 13.8 Å². The van der Waals surface area contributed by atoms with Gasteiger partial charge in [-0.25, -0.2) is 9.37 Å². The van der Waals surface area contributed by atoms with E-state index in [0.717, 1.165) is 11.8 Å². The highest BCUT2D eigenvalue weighted by molar-refractivity contribution is 6.11. The minimum Gasteiger partial charge on any atom is -0.328 e. The molecule has 0 radical (unpaired) electrons. The van der Waals surface area contributed by atoms with Gasteiger partial charge in [0.15, 0.2) is 0 Å². The summed E-state index contributed by atoms with van der Waals surface area (Å²) in [6.45, 7) is 3.51. The van der Waals surface area contributed by atoms with E-state index in [4.69, 9.17) is 0 Å². The number of nitrogens with zero attached hydrogens (tertiary/aromatic N) is 1. The predicted molar refractivity (Wildman–Crippen MR) is 80.5 cm³/mol. The molecule has 0 saturated heterocycles. The van der Waals surface area contributed by atoms with Crippen LogP contribution in [0.5, 0.6) is 0 Å². The summed E-state index contributed by atoms with van der Waals surface area (Å²) in [6, 6.07) is 4.10. The number of carbonyl (C=O) groups excluding carboxylic acids is 1. The minimum absolute atomic E-state index is 0.0128. The van der Waals surface area contributed by atoms with Gasteiger partial charge in [-0.1, -0.05) is 0 Å². The molecule has 1 amide bonds. The zero-order valence-electron chi connectivity index (χ0n) is 12.0. The molecule has 0 fully saturated rings. The SMILES string of the molecule is Cc1cc(F)c2[nH]c(=O)cc(C(=O)Nc3ncc(C)[nH]3)c2c1. The second-order valence-electron chi connectivity index (χ2n) is 5.09. The number of halogens is 1. The number of pyridine rings is 1. The van der Waals surface area contributed by atoms with Crippen molar-refractivity contribution in [1.82, 2.24) is 15.0 Å². The van der Waals surface area contributed by atoms with Gasteiger partial charge in [-0.05, 0) is 31.5 Å². The lowest BCUT2D eigenvalue weighted by molar-refractivity contribution is 0.102. The highest BCUT2D eigenvalue weighted by Gasteiger charge is 2.15. The number of nitrogens with one attached hydrogen (secondary N) is 3. The van der Waals surface area contributed by atoms with E-state index >= 15 is 0 Å². The Labute approximate surface area is 124 Å². The number of aryl methyl sites for hydroxylation is 2. The van der Waals surface area contributed by atoms with Crippen LogP contribution in [-0.4, -0.2) is 20.9 Å². The van der Waals surface area contributed by atoms with Gasteiger partial charge >= 0.3 is 0 Å². The van der Waals surface area contributed by atoms with Crippen LogP contribution in [0.3, 0.4) is 0 Å². The molecule has 112 valence electrons. The van der Waals surface area contributed by atoms with Gasteiger partial charge in [-0.2, -0.15) is 0 Å². The third kappa shape index (κ3) is 2.48. The first kappa shape index (κ1) is 14.0. The monoisotopic (exact) mass is 300 g/mol. The zero-order chi connectivity index (χ0) is 15.9. The Bertz CT molecular complexity index is 942. The molecule has 0 aliphatic heterocycles. The number of H-pyrrole nitrogens is 2. The van der Waals surface area contributed by atoms with Gasteiger partial charge in [0.05, 0.1) is 11.1 Å². The second-order valence-corrected chi connectivity index (χ2v) is 5.09. The van der Waals surface area contributed by atoms with Crippen LogP contribution in [0.15, 0.2) is 29.2 Å². The number of carbonyl (C=O) groups is 1. The van der Waals surface area contributed by atoms with Crippen molar-refractivity contribution in [3.05, 3.63) is 57.4 Å². The van der Waals surface area contributed by atoms with Crippen LogP contribution in [0.1, 0.15) is 21.6 Å². The van der Waals surface area contributed by atoms with Crippen molar-refractivity contribution in [1.29, 1.82) is 0 Å². The molecule has 7 heteroatoms. The lowest BCUT2D eigenvalue weighted by Crippen LogP contribution is -2.18.